The van der Waals surface area contributed by atoms with Crippen molar-refractivity contribution < 1.29 is 9.59 Å². The van der Waals surface area contributed by atoms with Crippen LogP contribution in [0.15, 0.2) is 18.2 Å². The Bertz CT molecular complexity index is 668. The topological polar surface area (TPSA) is 61.2 Å². The molecule has 0 spiro atoms. The van der Waals surface area contributed by atoms with E-state index in [-0.39, 0.29) is 11.7 Å². The molecule has 1 fully saturated rings. The van der Waals surface area contributed by atoms with Gasteiger partial charge in [-0.2, -0.15) is 5.26 Å². The van der Waals surface area contributed by atoms with Gasteiger partial charge in [0.1, 0.15) is 5.41 Å². The predicted molar refractivity (Wildman–Crippen MR) is 85.4 cm³/mol. The average Bonchev–Trinajstić information content (AvgIpc) is 2.60. The number of benzene rings is 1. The molecule has 1 aliphatic rings. The van der Waals surface area contributed by atoms with Gasteiger partial charge in [-0.15, -0.1) is 0 Å². The highest BCUT2D eigenvalue weighted by Crippen LogP contribution is 2.38. The lowest BCUT2D eigenvalue weighted by Gasteiger charge is -2.25. The Kier molecular flexibility index (Phi) is 4.10. The number of hydrogen-bond donors (Lipinski definition) is 0. The van der Waals surface area contributed by atoms with E-state index in [0.29, 0.717) is 23.6 Å². The second-order valence-corrected chi connectivity index (χ2v) is 6.92. The Morgan fingerprint density at radius 2 is 1.95 bits per heavy atom. The molecule has 1 aromatic carbocycles. The van der Waals surface area contributed by atoms with Crippen molar-refractivity contribution in [2.75, 3.05) is 4.90 Å². The summed E-state index contributed by atoms with van der Waals surface area (Å²) in [5, 5.41) is 9.04. The Morgan fingerprint density at radius 3 is 2.45 bits per heavy atom. The van der Waals surface area contributed by atoms with E-state index in [2.05, 4.69) is 6.07 Å². The zero-order valence-electron chi connectivity index (χ0n) is 13.8. The predicted octanol–water partition coefficient (Wildman–Crippen LogP) is 3.22. The van der Waals surface area contributed by atoms with Gasteiger partial charge in [0.2, 0.25) is 5.91 Å². The quantitative estimate of drug-likeness (QED) is 0.805. The summed E-state index contributed by atoms with van der Waals surface area (Å²) in [6.07, 6.45) is 0.646. The smallest absolute Gasteiger partial charge is 0.240 e. The lowest BCUT2D eigenvalue weighted by molar-refractivity contribution is -0.132. The molecule has 0 aromatic heterocycles. The molecule has 0 N–H and O–H groups in total. The van der Waals surface area contributed by atoms with Crippen molar-refractivity contribution >= 4 is 17.4 Å². The molecular formula is C18H22N2O2. The SMILES string of the molecule is Cc1cc(N2C(=O)C(C)(C)C(=O)C2CC(C)C)ccc1C#N. The molecule has 0 bridgehead atoms. The number of carbonyl (C=O) groups is 2. The van der Waals surface area contributed by atoms with E-state index in [1.165, 1.54) is 0 Å². The van der Waals surface area contributed by atoms with E-state index in [0.717, 1.165) is 5.56 Å². The van der Waals surface area contributed by atoms with Gasteiger partial charge in [0.05, 0.1) is 17.7 Å². The maximum absolute atomic E-state index is 12.7. The molecule has 4 heteroatoms. The second kappa shape index (κ2) is 5.57. The minimum absolute atomic E-state index is 0.0202. The highest BCUT2D eigenvalue weighted by molar-refractivity contribution is 6.22. The fraction of sp³-hybridized carbons (Fsp3) is 0.500. The first-order chi connectivity index (χ1) is 10.2. The molecule has 1 saturated heterocycles. The van der Waals surface area contributed by atoms with E-state index in [9.17, 15) is 9.59 Å². The number of amides is 1. The van der Waals surface area contributed by atoms with Crippen LogP contribution in [-0.4, -0.2) is 17.7 Å². The van der Waals surface area contributed by atoms with Crippen molar-refractivity contribution in [3.8, 4) is 6.07 Å². The van der Waals surface area contributed by atoms with Gasteiger partial charge in [-0.05, 0) is 56.9 Å². The molecule has 1 heterocycles. The van der Waals surface area contributed by atoms with Gasteiger partial charge in [-0.1, -0.05) is 13.8 Å². The summed E-state index contributed by atoms with van der Waals surface area (Å²) in [5.74, 6) is 0.137. The van der Waals surface area contributed by atoms with Crippen LogP contribution in [0.5, 0.6) is 0 Å². The van der Waals surface area contributed by atoms with Crippen LogP contribution in [0.3, 0.4) is 0 Å². The van der Waals surface area contributed by atoms with Crippen LogP contribution >= 0.6 is 0 Å². The lowest BCUT2D eigenvalue weighted by atomic mass is 9.86. The molecule has 1 amide bonds. The van der Waals surface area contributed by atoms with Gasteiger partial charge in [0.15, 0.2) is 5.78 Å². The number of hydrogen-bond acceptors (Lipinski definition) is 3. The molecule has 1 atom stereocenters. The monoisotopic (exact) mass is 298 g/mol. The number of aryl methyl sites for hydroxylation is 1. The number of carbonyl (C=O) groups excluding carboxylic acids is 2. The third-order valence-electron chi connectivity index (χ3n) is 4.29. The van der Waals surface area contributed by atoms with Gasteiger partial charge < -0.3 is 4.90 Å². The molecule has 22 heavy (non-hydrogen) atoms. The summed E-state index contributed by atoms with van der Waals surface area (Å²) < 4.78 is 0. The van der Waals surface area contributed by atoms with Crippen molar-refractivity contribution in [2.24, 2.45) is 11.3 Å². The van der Waals surface area contributed by atoms with Crippen LogP contribution in [0.1, 0.15) is 45.2 Å². The first kappa shape index (κ1) is 16.2. The number of Topliss-reactive ketones (excluding diaryl/α,β-unsaturated/α-hetero) is 1. The third-order valence-corrected chi connectivity index (χ3v) is 4.29. The molecule has 2 rings (SSSR count). The van der Waals surface area contributed by atoms with E-state index >= 15 is 0 Å². The Labute approximate surface area is 131 Å². The maximum Gasteiger partial charge on any atom is 0.240 e. The van der Waals surface area contributed by atoms with Crippen LogP contribution in [0, 0.1) is 29.6 Å². The van der Waals surface area contributed by atoms with Crippen LogP contribution in [0.4, 0.5) is 5.69 Å². The number of nitrogens with zero attached hydrogens (tertiary/aromatic N) is 2. The van der Waals surface area contributed by atoms with Crippen molar-refractivity contribution in [3.63, 3.8) is 0 Å². The number of anilines is 1. The Hall–Kier alpha value is -2.15. The Balaban J connectivity index is 2.50. The van der Waals surface area contributed by atoms with Crippen LogP contribution in [0.25, 0.3) is 0 Å². The van der Waals surface area contributed by atoms with Crippen LogP contribution in [0.2, 0.25) is 0 Å². The summed E-state index contributed by atoms with van der Waals surface area (Å²) in [7, 11) is 0. The second-order valence-electron chi connectivity index (χ2n) is 6.92. The van der Waals surface area contributed by atoms with E-state index in [1.807, 2.05) is 26.8 Å². The summed E-state index contributed by atoms with van der Waals surface area (Å²) in [5.41, 5.74) is 1.11. The molecule has 0 radical (unpaired) electrons. The standard InChI is InChI=1S/C18H22N2O2/c1-11(2)8-15-16(21)18(4,5)17(22)20(15)14-7-6-13(10-19)12(3)9-14/h6-7,9,11,15H,8H2,1-5H3. The molecule has 1 aliphatic heterocycles. The summed E-state index contributed by atoms with van der Waals surface area (Å²) in [4.78, 5) is 27.0. The van der Waals surface area contributed by atoms with Crippen molar-refractivity contribution in [1.29, 1.82) is 5.26 Å². The minimum Gasteiger partial charge on any atom is -0.301 e. The summed E-state index contributed by atoms with van der Waals surface area (Å²) in [6.45, 7) is 9.33. The van der Waals surface area contributed by atoms with Gasteiger partial charge in [-0.25, -0.2) is 0 Å². The van der Waals surface area contributed by atoms with Crippen LogP contribution < -0.4 is 4.90 Å². The van der Waals surface area contributed by atoms with Gasteiger partial charge >= 0.3 is 0 Å². The molecule has 4 nitrogen and oxygen atoms in total. The first-order valence-electron chi connectivity index (χ1n) is 7.59. The van der Waals surface area contributed by atoms with E-state index in [1.54, 1.807) is 30.9 Å². The van der Waals surface area contributed by atoms with Crippen LogP contribution in [-0.2, 0) is 9.59 Å². The lowest BCUT2D eigenvalue weighted by Crippen LogP contribution is -2.36. The first-order valence-corrected chi connectivity index (χ1v) is 7.59. The zero-order valence-corrected chi connectivity index (χ0v) is 13.8. The molecule has 0 aliphatic carbocycles. The van der Waals surface area contributed by atoms with E-state index in [4.69, 9.17) is 5.26 Å². The van der Waals surface area contributed by atoms with Crippen molar-refractivity contribution in [2.45, 2.75) is 47.1 Å². The molecule has 116 valence electrons. The number of ketones is 1. The third kappa shape index (κ3) is 2.52. The minimum atomic E-state index is -0.985. The van der Waals surface area contributed by atoms with Gasteiger partial charge in [0, 0.05) is 5.69 Å². The zero-order chi connectivity index (χ0) is 16.7. The molecule has 1 aromatic rings. The molecule has 1 unspecified atom stereocenters. The fourth-order valence-electron chi connectivity index (χ4n) is 2.96. The Morgan fingerprint density at radius 1 is 1.32 bits per heavy atom. The van der Waals surface area contributed by atoms with Crippen molar-refractivity contribution in [3.05, 3.63) is 29.3 Å². The molecular weight excluding hydrogens is 276 g/mol. The molecule has 0 saturated carbocycles. The number of rotatable bonds is 3. The normalized spacial score (nSPS) is 20.6. The average molecular weight is 298 g/mol. The largest absolute Gasteiger partial charge is 0.301 e. The van der Waals surface area contributed by atoms with Gasteiger partial charge in [0.25, 0.3) is 0 Å². The van der Waals surface area contributed by atoms with Gasteiger partial charge in [-0.3, -0.25) is 9.59 Å². The highest BCUT2D eigenvalue weighted by Gasteiger charge is 2.53. The number of nitriles is 1. The summed E-state index contributed by atoms with van der Waals surface area (Å²) in [6, 6.07) is 6.98. The maximum atomic E-state index is 12.7. The fourth-order valence-corrected chi connectivity index (χ4v) is 2.96. The van der Waals surface area contributed by atoms with Crippen molar-refractivity contribution in [1.82, 2.24) is 0 Å². The summed E-state index contributed by atoms with van der Waals surface area (Å²) >= 11 is 0. The van der Waals surface area contributed by atoms with E-state index < -0.39 is 11.5 Å². The highest BCUT2D eigenvalue weighted by atomic mass is 16.2.